The molecular weight excluding hydrogens is 366 g/mol. The SMILES string of the molecule is CN(Cc1ccccc1Br)C(=O)CN1C[C@H]2CNC[C@H]2C1.Cl. The van der Waals surface area contributed by atoms with Crippen LogP contribution in [0, 0.1) is 11.8 Å². The van der Waals surface area contributed by atoms with Gasteiger partial charge in [0.15, 0.2) is 0 Å². The minimum atomic E-state index is 0. The number of likely N-dealkylation sites (tertiary alicyclic amines) is 1. The summed E-state index contributed by atoms with van der Waals surface area (Å²) in [6.07, 6.45) is 0. The number of rotatable bonds is 4. The summed E-state index contributed by atoms with van der Waals surface area (Å²) in [4.78, 5) is 16.5. The molecule has 2 aliphatic heterocycles. The lowest BCUT2D eigenvalue weighted by atomic mass is 10.0. The van der Waals surface area contributed by atoms with Crippen LogP contribution in [0.15, 0.2) is 28.7 Å². The fourth-order valence-corrected chi connectivity index (χ4v) is 3.77. The molecule has 0 aliphatic carbocycles. The molecule has 0 aromatic heterocycles. The molecule has 22 heavy (non-hydrogen) atoms. The van der Waals surface area contributed by atoms with Gasteiger partial charge in [-0.05, 0) is 36.6 Å². The highest BCUT2D eigenvalue weighted by atomic mass is 79.9. The van der Waals surface area contributed by atoms with Gasteiger partial charge in [-0.25, -0.2) is 0 Å². The molecule has 2 fully saturated rings. The predicted molar refractivity (Wildman–Crippen MR) is 94.2 cm³/mol. The minimum Gasteiger partial charge on any atom is -0.340 e. The van der Waals surface area contributed by atoms with Gasteiger partial charge in [-0.1, -0.05) is 34.1 Å². The standard InChI is InChI=1S/C16H22BrN3O.ClH/c1-19(8-12-4-2-3-5-15(12)17)16(21)11-20-9-13-6-18-7-14(13)10-20;/h2-5,13-14,18H,6-11H2,1H3;1H/t13-,14+;. The zero-order valence-corrected chi connectivity index (χ0v) is 15.2. The van der Waals surface area contributed by atoms with Crippen LogP contribution in [0.5, 0.6) is 0 Å². The number of benzene rings is 1. The second-order valence-electron chi connectivity index (χ2n) is 6.21. The molecule has 0 radical (unpaired) electrons. The molecular formula is C16H23BrClN3O. The van der Waals surface area contributed by atoms with Crippen molar-refractivity contribution in [3.63, 3.8) is 0 Å². The summed E-state index contributed by atoms with van der Waals surface area (Å²) in [7, 11) is 1.89. The van der Waals surface area contributed by atoms with E-state index in [0.717, 1.165) is 48.1 Å². The van der Waals surface area contributed by atoms with Crippen LogP contribution < -0.4 is 5.32 Å². The van der Waals surface area contributed by atoms with Gasteiger partial charge < -0.3 is 10.2 Å². The molecule has 2 atom stereocenters. The van der Waals surface area contributed by atoms with Crippen LogP contribution in [0.4, 0.5) is 0 Å². The highest BCUT2D eigenvalue weighted by molar-refractivity contribution is 9.10. The summed E-state index contributed by atoms with van der Waals surface area (Å²) in [6, 6.07) is 8.07. The van der Waals surface area contributed by atoms with E-state index in [1.54, 1.807) is 0 Å². The number of hydrogen-bond donors (Lipinski definition) is 1. The van der Waals surface area contributed by atoms with Crippen molar-refractivity contribution in [2.24, 2.45) is 11.8 Å². The summed E-state index contributed by atoms with van der Waals surface area (Å²) in [6.45, 7) is 5.55. The molecule has 2 aliphatic rings. The zero-order chi connectivity index (χ0) is 14.8. The topological polar surface area (TPSA) is 35.6 Å². The lowest BCUT2D eigenvalue weighted by Crippen LogP contribution is -2.38. The highest BCUT2D eigenvalue weighted by Gasteiger charge is 2.36. The number of likely N-dealkylation sites (N-methyl/N-ethyl adjacent to an activating group) is 1. The molecule has 0 bridgehead atoms. The maximum atomic E-state index is 12.4. The molecule has 1 N–H and O–H groups in total. The second kappa shape index (κ2) is 7.77. The Kier molecular flexibility index (Phi) is 6.26. The summed E-state index contributed by atoms with van der Waals surface area (Å²) in [5.74, 6) is 1.69. The Morgan fingerprint density at radius 2 is 1.95 bits per heavy atom. The first kappa shape index (κ1) is 17.7. The fourth-order valence-electron chi connectivity index (χ4n) is 3.36. The number of halogens is 2. The molecule has 1 amide bonds. The Morgan fingerprint density at radius 3 is 2.59 bits per heavy atom. The average molecular weight is 389 g/mol. The van der Waals surface area contributed by atoms with Crippen LogP contribution >= 0.6 is 28.3 Å². The van der Waals surface area contributed by atoms with Crippen molar-refractivity contribution in [2.75, 3.05) is 39.8 Å². The molecule has 4 nitrogen and oxygen atoms in total. The van der Waals surface area contributed by atoms with Crippen molar-refractivity contribution in [2.45, 2.75) is 6.54 Å². The lowest BCUT2D eigenvalue weighted by Gasteiger charge is -2.22. The van der Waals surface area contributed by atoms with E-state index in [1.165, 1.54) is 0 Å². The summed E-state index contributed by atoms with van der Waals surface area (Å²) >= 11 is 3.54. The van der Waals surface area contributed by atoms with Crippen molar-refractivity contribution in [3.8, 4) is 0 Å². The average Bonchev–Trinajstić information content (AvgIpc) is 3.02. The van der Waals surface area contributed by atoms with Crippen molar-refractivity contribution < 1.29 is 4.79 Å². The predicted octanol–water partition coefficient (Wildman–Crippen LogP) is 1.98. The first-order valence-corrected chi connectivity index (χ1v) is 8.33. The van der Waals surface area contributed by atoms with E-state index in [0.29, 0.717) is 13.1 Å². The summed E-state index contributed by atoms with van der Waals surface area (Å²) < 4.78 is 1.06. The molecule has 0 saturated carbocycles. The third kappa shape index (κ3) is 4.02. The number of nitrogens with zero attached hydrogens (tertiary/aromatic N) is 2. The molecule has 2 heterocycles. The summed E-state index contributed by atoms with van der Waals surface area (Å²) in [5.41, 5.74) is 1.15. The van der Waals surface area contributed by atoms with E-state index in [2.05, 4.69) is 32.2 Å². The first-order valence-electron chi connectivity index (χ1n) is 7.54. The van der Waals surface area contributed by atoms with E-state index in [9.17, 15) is 4.79 Å². The van der Waals surface area contributed by atoms with Gasteiger partial charge in [0, 0.05) is 31.2 Å². The van der Waals surface area contributed by atoms with E-state index >= 15 is 0 Å². The Bertz CT molecular complexity index is 516. The van der Waals surface area contributed by atoms with Crippen molar-refractivity contribution in [1.29, 1.82) is 0 Å². The number of carbonyl (C=O) groups excluding carboxylic acids is 1. The van der Waals surface area contributed by atoms with Gasteiger partial charge in [0.05, 0.1) is 6.54 Å². The molecule has 1 aromatic carbocycles. The van der Waals surface area contributed by atoms with Crippen molar-refractivity contribution >= 4 is 34.2 Å². The van der Waals surface area contributed by atoms with Gasteiger partial charge in [0.25, 0.3) is 0 Å². The van der Waals surface area contributed by atoms with Gasteiger partial charge in [0.2, 0.25) is 5.91 Å². The molecule has 6 heteroatoms. The van der Waals surface area contributed by atoms with E-state index in [1.807, 2.05) is 30.1 Å². The number of fused-ring (bicyclic) bond motifs is 1. The Hall–Kier alpha value is -0.620. The summed E-state index contributed by atoms with van der Waals surface area (Å²) in [5, 5.41) is 3.43. The highest BCUT2D eigenvalue weighted by Crippen LogP contribution is 2.26. The molecule has 0 unspecified atom stereocenters. The normalized spacial score (nSPS) is 23.9. The van der Waals surface area contributed by atoms with Gasteiger partial charge in [-0.2, -0.15) is 0 Å². The van der Waals surface area contributed by atoms with Crippen LogP contribution in [0.2, 0.25) is 0 Å². The van der Waals surface area contributed by atoms with Crippen LogP contribution in [0.3, 0.4) is 0 Å². The zero-order valence-electron chi connectivity index (χ0n) is 12.8. The van der Waals surface area contributed by atoms with E-state index < -0.39 is 0 Å². The van der Waals surface area contributed by atoms with Crippen molar-refractivity contribution in [1.82, 2.24) is 15.1 Å². The maximum absolute atomic E-state index is 12.4. The quantitative estimate of drug-likeness (QED) is 0.857. The largest absolute Gasteiger partial charge is 0.340 e. The number of hydrogen-bond acceptors (Lipinski definition) is 3. The molecule has 3 rings (SSSR count). The fraction of sp³-hybridized carbons (Fsp3) is 0.562. The molecule has 0 spiro atoms. The smallest absolute Gasteiger partial charge is 0.236 e. The number of nitrogens with one attached hydrogen (secondary N) is 1. The minimum absolute atomic E-state index is 0. The molecule has 122 valence electrons. The van der Waals surface area contributed by atoms with Crippen molar-refractivity contribution in [3.05, 3.63) is 34.3 Å². The molecule has 1 aromatic rings. The monoisotopic (exact) mass is 387 g/mol. The Balaban J connectivity index is 0.00000176. The number of amides is 1. The van der Waals surface area contributed by atoms with Crippen LogP contribution in [0.1, 0.15) is 5.56 Å². The lowest BCUT2D eigenvalue weighted by molar-refractivity contribution is -0.131. The van der Waals surface area contributed by atoms with Gasteiger partial charge in [-0.15, -0.1) is 12.4 Å². The van der Waals surface area contributed by atoms with Gasteiger partial charge >= 0.3 is 0 Å². The van der Waals surface area contributed by atoms with Gasteiger partial charge in [0.1, 0.15) is 0 Å². The maximum Gasteiger partial charge on any atom is 0.236 e. The first-order chi connectivity index (χ1) is 10.1. The molecule has 2 saturated heterocycles. The third-order valence-corrected chi connectivity index (χ3v) is 5.39. The number of carbonyl (C=O) groups is 1. The van der Waals surface area contributed by atoms with Crippen LogP contribution in [-0.2, 0) is 11.3 Å². The Labute approximate surface area is 146 Å². The van der Waals surface area contributed by atoms with E-state index in [-0.39, 0.29) is 18.3 Å². The second-order valence-corrected chi connectivity index (χ2v) is 7.07. The van der Waals surface area contributed by atoms with Crippen LogP contribution in [0.25, 0.3) is 0 Å². The third-order valence-electron chi connectivity index (χ3n) is 4.62. The van der Waals surface area contributed by atoms with E-state index in [4.69, 9.17) is 0 Å². The van der Waals surface area contributed by atoms with Crippen LogP contribution in [-0.4, -0.2) is 55.5 Å². The Morgan fingerprint density at radius 1 is 1.32 bits per heavy atom. The van der Waals surface area contributed by atoms with Gasteiger partial charge in [-0.3, -0.25) is 9.69 Å².